The van der Waals surface area contributed by atoms with E-state index in [0.29, 0.717) is 11.1 Å². The van der Waals surface area contributed by atoms with E-state index >= 15 is 0 Å². The molecule has 141 valence electrons. The molecule has 0 aromatic carbocycles. The average Bonchev–Trinajstić information content (AvgIpc) is 2.47. The number of hydrogen-bond acceptors (Lipinski definition) is 2. The summed E-state index contributed by atoms with van der Waals surface area (Å²) < 4.78 is 6.07. The van der Waals surface area contributed by atoms with Crippen LogP contribution in [0.2, 0.25) is 0 Å². The summed E-state index contributed by atoms with van der Waals surface area (Å²) in [5, 5.41) is 0. The normalized spacial score (nSPS) is 21.7. The van der Waals surface area contributed by atoms with Crippen molar-refractivity contribution in [1.29, 1.82) is 0 Å². The molecule has 0 unspecified atom stereocenters. The van der Waals surface area contributed by atoms with E-state index in [1.807, 2.05) is 0 Å². The first-order chi connectivity index (χ1) is 10.7. The Labute approximate surface area is 172 Å². The first kappa shape index (κ1) is 23.2. The largest absolute Gasteiger partial charge is 1.00 e. The van der Waals surface area contributed by atoms with E-state index in [9.17, 15) is 0 Å². The standard InChI is InChI=1S/2C10H20N.FH.Nd/c2*1-10(2,3)11-9-7-5-4-6-8-9;;/h2*9H,4-8H2,1-3H3;1H;/q2*-1;;+3/p-1. The van der Waals surface area contributed by atoms with Gasteiger partial charge in [0.05, 0.1) is 0 Å². The maximum absolute atomic E-state index is 3.03. The Morgan fingerprint density at radius 1 is 0.583 bits per heavy atom. The van der Waals surface area contributed by atoms with Crippen LogP contribution in [0.25, 0.3) is 0 Å². The quantitative estimate of drug-likeness (QED) is 0.622. The molecule has 0 N–H and O–H groups in total. The van der Waals surface area contributed by atoms with E-state index in [1.165, 1.54) is 64.2 Å². The summed E-state index contributed by atoms with van der Waals surface area (Å²) in [5.74, 6) is 0. The Hall–Kier alpha value is 1.20. The fraction of sp³-hybridized carbons (Fsp3) is 1.00. The Kier molecular flexibility index (Phi) is 9.63. The van der Waals surface area contributed by atoms with Crippen LogP contribution in [0.3, 0.4) is 0 Å². The van der Waals surface area contributed by atoms with Crippen molar-refractivity contribution in [2.45, 2.75) is 129 Å². The minimum Gasteiger partial charge on any atom is -1.00 e. The Morgan fingerprint density at radius 3 is 1.12 bits per heavy atom. The van der Waals surface area contributed by atoms with Gasteiger partial charge in [0.15, 0.2) is 0 Å². The van der Waals surface area contributed by atoms with Gasteiger partial charge in [0.25, 0.3) is 0 Å². The van der Waals surface area contributed by atoms with Crippen LogP contribution in [0.1, 0.15) is 106 Å². The van der Waals surface area contributed by atoms with Gasteiger partial charge in [-0.25, -0.2) is 0 Å². The molecule has 2 fully saturated rings. The second kappa shape index (κ2) is 9.94. The topological polar surface area (TPSA) is 6.48 Å². The summed E-state index contributed by atoms with van der Waals surface area (Å²) in [4.78, 5) is 0. The molecular formula is C20H40FN2Nd. The van der Waals surface area contributed by atoms with Crippen molar-refractivity contribution < 1.29 is 42.2 Å². The third-order valence-corrected chi connectivity index (χ3v) is 13.6. The van der Waals surface area contributed by atoms with Crippen LogP contribution < -0.4 is 4.70 Å². The third-order valence-electron chi connectivity index (χ3n) is 5.54. The van der Waals surface area contributed by atoms with E-state index in [0.717, 1.165) is 12.1 Å². The van der Waals surface area contributed by atoms with Crippen molar-refractivity contribution in [2.24, 2.45) is 0 Å². The maximum atomic E-state index is 3.03. The molecule has 0 spiro atoms. The van der Waals surface area contributed by atoms with E-state index < -0.39 is 37.5 Å². The van der Waals surface area contributed by atoms with Crippen molar-refractivity contribution in [1.82, 2.24) is 1.97 Å². The van der Waals surface area contributed by atoms with E-state index in [1.54, 1.807) is 0 Å². The molecule has 0 amide bonds. The van der Waals surface area contributed by atoms with Crippen molar-refractivity contribution in [2.75, 3.05) is 0 Å². The molecule has 4 heteroatoms. The molecule has 0 aliphatic heterocycles. The fourth-order valence-electron chi connectivity index (χ4n) is 4.35. The molecule has 0 bridgehead atoms. The Bertz CT molecular complexity index is 316. The molecule has 0 saturated heterocycles. The molecule has 2 nitrogen and oxygen atoms in total. The van der Waals surface area contributed by atoms with Gasteiger partial charge >= 0.3 is 168 Å². The predicted molar refractivity (Wildman–Crippen MR) is 96.9 cm³/mol. The van der Waals surface area contributed by atoms with Gasteiger partial charge in [-0.1, -0.05) is 0 Å². The van der Waals surface area contributed by atoms with Crippen molar-refractivity contribution in [3.63, 3.8) is 0 Å². The summed E-state index contributed by atoms with van der Waals surface area (Å²) in [6, 6.07) is 1.75. The van der Waals surface area contributed by atoms with Gasteiger partial charge in [-0.05, 0) is 0 Å². The van der Waals surface area contributed by atoms with Gasteiger partial charge in [-0.3, -0.25) is 0 Å². The van der Waals surface area contributed by atoms with E-state index in [-0.39, 0.29) is 4.70 Å². The van der Waals surface area contributed by atoms with Crippen LogP contribution in [0, 0.1) is 37.5 Å². The zero-order valence-electron chi connectivity index (χ0n) is 17.0. The minimum absolute atomic E-state index is 0. The SMILES string of the molecule is CC(C)(C)[N]([Nd+][N](C1CCCCC1)C(C)(C)C)C1CCCCC1.[F-]. The minimum atomic E-state index is -1.01. The van der Waals surface area contributed by atoms with Crippen molar-refractivity contribution in [3.05, 3.63) is 0 Å². The molecule has 2 rings (SSSR count). The van der Waals surface area contributed by atoms with Crippen molar-refractivity contribution in [3.8, 4) is 0 Å². The number of nitrogens with zero attached hydrogens (tertiary/aromatic N) is 2. The summed E-state index contributed by atoms with van der Waals surface area (Å²) in [6.07, 6.45) is 14.6. The van der Waals surface area contributed by atoms with Gasteiger partial charge in [0.2, 0.25) is 0 Å². The van der Waals surface area contributed by atoms with Crippen molar-refractivity contribution >= 4 is 0 Å². The maximum Gasteiger partial charge on any atom is -1.00 e. The predicted octanol–water partition coefficient (Wildman–Crippen LogP) is 2.77. The fourth-order valence-corrected chi connectivity index (χ4v) is 9.73. The molecule has 2 aliphatic carbocycles. The van der Waals surface area contributed by atoms with Gasteiger partial charge in [-0.15, -0.1) is 0 Å². The van der Waals surface area contributed by atoms with Crippen LogP contribution >= 0.6 is 0 Å². The summed E-state index contributed by atoms with van der Waals surface area (Å²) in [5.41, 5.74) is 0.701. The smallest absolute Gasteiger partial charge is 1.00 e. The van der Waals surface area contributed by atoms with Gasteiger partial charge in [-0.2, -0.15) is 0 Å². The Morgan fingerprint density at radius 2 is 0.875 bits per heavy atom. The molecule has 2 aliphatic rings. The molecule has 2 saturated carbocycles. The molecule has 0 atom stereocenters. The Balaban J connectivity index is 0.00000288. The second-order valence-electron chi connectivity index (χ2n) is 9.77. The molecular weight excluding hydrogens is 431 g/mol. The van der Waals surface area contributed by atoms with Gasteiger partial charge < -0.3 is 4.70 Å². The van der Waals surface area contributed by atoms with Crippen LogP contribution in [-0.4, -0.2) is 25.1 Å². The van der Waals surface area contributed by atoms with E-state index in [2.05, 4.69) is 43.5 Å². The molecule has 0 heterocycles. The average molecular weight is 472 g/mol. The number of halogens is 1. The molecule has 0 aromatic rings. The van der Waals surface area contributed by atoms with Crippen LogP contribution in [0.15, 0.2) is 0 Å². The number of rotatable bonds is 4. The van der Waals surface area contributed by atoms with Crippen LogP contribution in [0.5, 0.6) is 0 Å². The second-order valence-corrected chi connectivity index (χ2v) is 13.5. The molecule has 0 aromatic heterocycles. The first-order valence-corrected chi connectivity index (χ1v) is 12.9. The van der Waals surface area contributed by atoms with E-state index in [4.69, 9.17) is 0 Å². The monoisotopic (exact) mass is 469 g/mol. The van der Waals surface area contributed by atoms with Gasteiger partial charge in [0, 0.05) is 0 Å². The van der Waals surface area contributed by atoms with Gasteiger partial charge in [0.1, 0.15) is 0 Å². The third kappa shape index (κ3) is 6.74. The zero-order chi connectivity index (χ0) is 17.1. The zero-order valence-corrected chi connectivity index (χ0v) is 20.2. The molecule has 24 heavy (non-hydrogen) atoms. The summed E-state index contributed by atoms with van der Waals surface area (Å²) in [6.45, 7) is 14.8. The van der Waals surface area contributed by atoms with Crippen LogP contribution in [-0.2, 0) is 0 Å². The summed E-state index contributed by atoms with van der Waals surface area (Å²) in [7, 11) is 0. The molecule has 0 radical (unpaired) electrons. The summed E-state index contributed by atoms with van der Waals surface area (Å²) >= 11 is -1.01. The first-order valence-electron chi connectivity index (χ1n) is 10.0. The van der Waals surface area contributed by atoms with Crippen LogP contribution in [0.4, 0.5) is 0 Å². The number of hydrogen-bond donors (Lipinski definition) is 0.